The van der Waals surface area contributed by atoms with Gasteiger partial charge in [-0.3, -0.25) is 9.97 Å². The molecule has 0 bridgehead atoms. The van der Waals surface area contributed by atoms with Crippen LogP contribution in [0.1, 0.15) is 0 Å². The number of rotatable bonds is 2. The van der Waals surface area contributed by atoms with Crippen LogP contribution in [0.3, 0.4) is 0 Å². The number of benzene rings is 2. The van der Waals surface area contributed by atoms with E-state index in [0.717, 1.165) is 24.3 Å². The third kappa shape index (κ3) is 5.27. The zero-order valence-electron chi connectivity index (χ0n) is 15.1. The summed E-state index contributed by atoms with van der Waals surface area (Å²) in [7, 11) is -9.09. The quantitative estimate of drug-likeness (QED) is 0.299. The SMILES string of the molecule is O=S(=O)([O-])c1ccc(O)c2ncccc12.O=S(=O)([O-])c1ccc(O)c2ncccc12.[Ni+2]. The topological polar surface area (TPSA) is 181 Å². The predicted molar refractivity (Wildman–Crippen MR) is 103 cm³/mol. The standard InChI is InChI=1S/2C9H7NO4S.Ni/c2*11-7-3-4-8(15(12,13)14)6-2-1-5-10-9(6)7;/h2*1-5,11H,(H,12,13,14);/q;;+2/p-2. The van der Waals surface area contributed by atoms with Crippen molar-refractivity contribution in [3.63, 3.8) is 0 Å². The van der Waals surface area contributed by atoms with Gasteiger partial charge in [0, 0.05) is 23.2 Å². The van der Waals surface area contributed by atoms with E-state index >= 15 is 0 Å². The molecule has 2 N–H and O–H groups in total. The van der Waals surface area contributed by atoms with E-state index in [9.17, 15) is 36.2 Å². The molecule has 0 spiro atoms. The largest absolute Gasteiger partial charge is 2.00 e. The molecule has 0 aliphatic carbocycles. The van der Waals surface area contributed by atoms with E-state index in [-0.39, 0.29) is 59.6 Å². The Bertz CT molecular complexity index is 1360. The first-order valence-corrected chi connectivity index (χ1v) is 10.9. The summed E-state index contributed by atoms with van der Waals surface area (Å²) in [5.74, 6) is -0.309. The number of phenolic OH excluding ortho intramolecular Hbond substituents is 2. The monoisotopic (exact) mass is 506 g/mol. The van der Waals surface area contributed by atoms with Crippen molar-refractivity contribution in [2.75, 3.05) is 0 Å². The van der Waals surface area contributed by atoms with E-state index in [4.69, 9.17) is 0 Å². The maximum absolute atomic E-state index is 10.9. The summed E-state index contributed by atoms with van der Waals surface area (Å²) in [6.07, 6.45) is 2.81. The maximum atomic E-state index is 10.9. The van der Waals surface area contributed by atoms with Gasteiger partial charge in [-0.25, -0.2) is 16.8 Å². The fraction of sp³-hybridized carbons (Fsp3) is 0. The molecule has 10 nitrogen and oxygen atoms in total. The molecule has 4 rings (SSSR count). The fourth-order valence-electron chi connectivity index (χ4n) is 2.70. The molecule has 0 aliphatic heterocycles. The van der Waals surface area contributed by atoms with Gasteiger partial charge < -0.3 is 19.3 Å². The van der Waals surface area contributed by atoms with Crippen LogP contribution in [-0.4, -0.2) is 46.1 Å². The molecule has 13 heteroatoms. The molecule has 31 heavy (non-hydrogen) atoms. The summed E-state index contributed by atoms with van der Waals surface area (Å²) in [4.78, 5) is 6.86. The van der Waals surface area contributed by atoms with Crippen LogP contribution < -0.4 is 0 Å². The van der Waals surface area contributed by atoms with Crippen molar-refractivity contribution in [2.45, 2.75) is 9.79 Å². The smallest absolute Gasteiger partial charge is 0.744 e. The average molecular weight is 507 g/mol. The number of hydrogen-bond donors (Lipinski definition) is 2. The zero-order valence-corrected chi connectivity index (χ0v) is 17.8. The van der Waals surface area contributed by atoms with Crippen molar-refractivity contribution >= 4 is 42.0 Å². The minimum Gasteiger partial charge on any atom is -0.744 e. The first kappa shape index (κ1) is 24.4. The first-order valence-electron chi connectivity index (χ1n) is 8.05. The van der Waals surface area contributed by atoms with Gasteiger partial charge >= 0.3 is 16.5 Å². The number of aromatic hydroxyl groups is 2. The molecule has 0 aliphatic rings. The normalized spacial score (nSPS) is 11.4. The number of aromatic nitrogens is 2. The second-order valence-electron chi connectivity index (χ2n) is 5.87. The predicted octanol–water partition coefficient (Wildman–Crippen LogP) is 1.69. The van der Waals surface area contributed by atoms with Gasteiger partial charge in [0.1, 0.15) is 42.8 Å². The van der Waals surface area contributed by atoms with Crippen LogP contribution in [0, 0.1) is 0 Å². The molecule has 0 saturated heterocycles. The van der Waals surface area contributed by atoms with Crippen LogP contribution in [0.4, 0.5) is 0 Å². The summed E-state index contributed by atoms with van der Waals surface area (Å²) in [5.41, 5.74) is 0.212. The van der Waals surface area contributed by atoms with Gasteiger partial charge in [0.15, 0.2) is 0 Å². The molecule has 0 unspecified atom stereocenters. The van der Waals surface area contributed by atoms with Gasteiger partial charge in [0.25, 0.3) is 0 Å². The summed E-state index contributed by atoms with van der Waals surface area (Å²) >= 11 is 0. The van der Waals surface area contributed by atoms with E-state index < -0.39 is 20.2 Å². The van der Waals surface area contributed by atoms with Crippen LogP contribution >= 0.6 is 0 Å². The van der Waals surface area contributed by atoms with Gasteiger partial charge in [-0.15, -0.1) is 0 Å². The van der Waals surface area contributed by atoms with Crippen molar-refractivity contribution in [3.05, 3.63) is 60.9 Å². The number of phenols is 2. The molecule has 0 atom stereocenters. The second kappa shape index (κ2) is 9.12. The molecule has 0 amide bonds. The van der Waals surface area contributed by atoms with E-state index in [1.807, 2.05) is 0 Å². The molecule has 2 heterocycles. The van der Waals surface area contributed by atoms with Gasteiger partial charge in [-0.1, -0.05) is 0 Å². The molecule has 2 aromatic heterocycles. The molecule has 0 fully saturated rings. The zero-order chi connectivity index (χ0) is 22.1. The summed E-state index contributed by atoms with van der Waals surface area (Å²) in [6, 6.07) is 10.3. The Balaban J connectivity index is 0.000000213. The number of pyridine rings is 2. The molecule has 164 valence electrons. The first-order chi connectivity index (χ1) is 14.0. The van der Waals surface area contributed by atoms with Crippen molar-refractivity contribution < 1.29 is 52.6 Å². The number of fused-ring (bicyclic) bond motifs is 2. The molecular formula is C18H12N2NiO8S2. The van der Waals surface area contributed by atoms with E-state index in [2.05, 4.69) is 9.97 Å². The minimum absolute atomic E-state index is 0. The Morgan fingerprint density at radius 3 is 1.32 bits per heavy atom. The van der Waals surface area contributed by atoms with Crippen molar-refractivity contribution in [2.24, 2.45) is 0 Å². The Hall–Kier alpha value is -2.83. The maximum Gasteiger partial charge on any atom is 2.00 e. The van der Waals surface area contributed by atoms with Crippen LogP contribution in [-0.2, 0) is 36.7 Å². The third-order valence-electron chi connectivity index (χ3n) is 3.96. The van der Waals surface area contributed by atoms with Crippen molar-refractivity contribution in [3.8, 4) is 11.5 Å². The Labute approximate surface area is 186 Å². The average Bonchev–Trinajstić information content (AvgIpc) is 2.67. The third-order valence-corrected chi connectivity index (χ3v) is 5.74. The van der Waals surface area contributed by atoms with Crippen LogP contribution in [0.15, 0.2) is 70.7 Å². The van der Waals surface area contributed by atoms with Crippen LogP contribution in [0.25, 0.3) is 21.8 Å². The Morgan fingerprint density at radius 1 is 0.645 bits per heavy atom. The van der Waals surface area contributed by atoms with Crippen LogP contribution in [0.2, 0.25) is 0 Å². The van der Waals surface area contributed by atoms with E-state index in [1.165, 1.54) is 36.7 Å². The summed E-state index contributed by atoms with van der Waals surface area (Å²) in [6.45, 7) is 0. The molecule has 2 aromatic carbocycles. The van der Waals surface area contributed by atoms with E-state index in [0.29, 0.717) is 0 Å². The summed E-state index contributed by atoms with van der Waals surface area (Å²) < 4.78 is 65.4. The summed E-state index contributed by atoms with van der Waals surface area (Å²) in [5, 5.41) is 19.1. The fourth-order valence-corrected chi connectivity index (χ4v) is 4.04. The molecule has 0 radical (unpaired) electrons. The van der Waals surface area contributed by atoms with Crippen molar-refractivity contribution in [1.29, 1.82) is 0 Å². The number of hydrogen-bond acceptors (Lipinski definition) is 10. The molecular weight excluding hydrogens is 495 g/mol. The van der Waals surface area contributed by atoms with Crippen molar-refractivity contribution in [1.82, 2.24) is 9.97 Å². The second-order valence-corrected chi connectivity index (χ2v) is 8.57. The van der Waals surface area contributed by atoms with Gasteiger partial charge in [0.2, 0.25) is 0 Å². The van der Waals surface area contributed by atoms with Gasteiger partial charge in [-0.2, -0.15) is 0 Å². The van der Waals surface area contributed by atoms with E-state index in [1.54, 1.807) is 0 Å². The Kier molecular flexibility index (Phi) is 7.19. The molecule has 4 aromatic rings. The Morgan fingerprint density at radius 2 is 1.00 bits per heavy atom. The van der Waals surface area contributed by atoms with Crippen LogP contribution in [0.5, 0.6) is 11.5 Å². The van der Waals surface area contributed by atoms with Gasteiger partial charge in [0.05, 0.1) is 9.79 Å². The van der Waals surface area contributed by atoms with Gasteiger partial charge in [-0.05, 0) is 48.5 Å². The number of nitrogens with zero attached hydrogens (tertiary/aromatic N) is 2. The molecule has 0 saturated carbocycles. The minimum atomic E-state index is -4.55.